The molecule has 3 aromatic rings. The van der Waals surface area contributed by atoms with E-state index < -0.39 is 0 Å². The molecule has 0 bridgehead atoms. The predicted octanol–water partition coefficient (Wildman–Crippen LogP) is 5.01. The molecule has 0 fully saturated rings. The van der Waals surface area contributed by atoms with Crippen LogP contribution in [0, 0.1) is 0 Å². The van der Waals surface area contributed by atoms with Crippen molar-refractivity contribution >= 4 is 49.5 Å². The van der Waals surface area contributed by atoms with Crippen LogP contribution < -0.4 is 4.74 Å². The summed E-state index contributed by atoms with van der Waals surface area (Å²) in [5.74, 6) is 0.782. The molecule has 3 rings (SSSR count). The van der Waals surface area contributed by atoms with E-state index in [9.17, 15) is 0 Å². The molecule has 1 aromatic heterocycles. The third kappa shape index (κ3) is 1.53. The highest BCUT2D eigenvalue weighted by atomic mass is 79.9. The number of rotatable bonds is 1. The fraction of sp³-hybridized carbons (Fsp3) is 0.0769. The lowest BCUT2D eigenvalue weighted by atomic mass is 10.1. The van der Waals surface area contributed by atoms with Gasteiger partial charge in [0.2, 0.25) is 0 Å². The van der Waals surface area contributed by atoms with Gasteiger partial charge in [0, 0.05) is 9.86 Å². The Kier molecular flexibility index (Phi) is 2.53. The zero-order valence-corrected chi connectivity index (χ0v) is 11.3. The molecule has 2 aromatic carbocycles. The molecule has 17 heavy (non-hydrogen) atoms. The first-order chi connectivity index (χ1) is 8.22. The van der Waals surface area contributed by atoms with Crippen LogP contribution in [-0.2, 0) is 0 Å². The van der Waals surface area contributed by atoms with Crippen LogP contribution in [0.5, 0.6) is 5.75 Å². The van der Waals surface area contributed by atoms with Crippen LogP contribution >= 0.6 is 27.5 Å². The molecular formula is C13H8BrClO2. The first kappa shape index (κ1) is 10.9. The highest BCUT2D eigenvalue weighted by Crippen LogP contribution is 2.41. The number of ether oxygens (including phenoxy) is 1. The van der Waals surface area contributed by atoms with Gasteiger partial charge in [0.05, 0.1) is 17.5 Å². The van der Waals surface area contributed by atoms with Crippen molar-refractivity contribution in [2.24, 2.45) is 0 Å². The van der Waals surface area contributed by atoms with E-state index in [0.717, 1.165) is 32.2 Å². The fourth-order valence-electron chi connectivity index (χ4n) is 1.98. The molecule has 0 saturated carbocycles. The van der Waals surface area contributed by atoms with Gasteiger partial charge in [-0.05, 0) is 40.2 Å². The van der Waals surface area contributed by atoms with Gasteiger partial charge in [-0.1, -0.05) is 17.7 Å². The van der Waals surface area contributed by atoms with E-state index in [2.05, 4.69) is 15.9 Å². The van der Waals surface area contributed by atoms with E-state index in [1.807, 2.05) is 30.3 Å². The number of furan rings is 1. The summed E-state index contributed by atoms with van der Waals surface area (Å²) in [7, 11) is 1.64. The SMILES string of the molecule is COc1cccc2oc3ccc(Cl)c(Br)c3c12. The molecule has 86 valence electrons. The van der Waals surface area contributed by atoms with Gasteiger partial charge in [-0.25, -0.2) is 0 Å². The second-order valence-corrected chi connectivity index (χ2v) is 4.87. The van der Waals surface area contributed by atoms with Crippen LogP contribution in [0.2, 0.25) is 5.02 Å². The predicted molar refractivity (Wildman–Crippen MR) is 73.0 cm³/mol. The number of hydrogen-bond donors (Lipinski definition) is 0. The second-order valence-electron chi connectivity index (χ2n) is 3.67. The standard InChI is InChI=1S/C13H8BrClO2/c1-16-8-3-2-4-9-11(8)12-10(17-9)6-5-7(15)13(12)14/h2-6H,1H3. The zero-order valence-electron chi connectivity index (χ0n) is 8.96. The lowest BCUT2D eigenvalue weighted by Crippen LogP contribution is -1.82. The lowest BCUT2D eigenvalue weighted by Gasteiger charge is -2.02. The number of methoxy groups -OCH3 is 1. The molecule has 0 radical (unpaired) electrons. The summed E-state index contributed by atoms with van der Waals surface area (Å²) in [5.41, 5.74) is 1.59. The minimum atomic E-state index is 0.658. The van der Waals surface area contributed by atoms with Gasteiger partial charge in [0.15, 0.2) is 0 Å². The maximum atomic E-state index is 6.11. The molecule has 0 amide bonds. The van der Waals surface area contributed by atoms with Crippen LogP contribution in [-0.4, -0.2) is 7.11 Å². The van der Waals surface area contributed by atoms with Crippen LogP contribution in [0.3, 0.4) is 0 Å². The summed E-state index contributed by atoms with van der Waals surface area (Å²) < 4.78 is 12.0. The number of hydrogen-bond acceptors (Lipinski definition) is 2. The van der Waals surface area contributed by atoms with Gasteiger partial charge < -0.3 is 9.15 Å². The maximum absolute atomic E-state index is 6.11. The Morgan fingerprint density at radius 2 is 1.88 bits per heavy atom. The van der Waals surface area contributed by atoms with Gasteiger partial charge in [0.25, 0.3) is 0 Å². The number of fused-ring (bicyclic) bond motifs is 3. The molecule has 0 spiro atoms. The van der Waals surface area contributed by atoms with Gasteiger partial charge in [0.1, 0.15) is 16.9 Å². The van der Waals surface area contributed by atoms with Crippen molar-refractivity contribution in [2.45, 2.75) is 0 Å². The first-order valence-electron chi connectivity index (χ1n) is 5.05. The quantitative estimate of drug-likeness (QED) is 0.630. The largest absolute Gasteiger partial charge is 0.496 e. The summed E-state index contributed by atoms with van der Waals surface area (Å²) in [6.45, 7) is 0. The third-order valence-electron chi connectivity index (χ3n) is 2.73. The smallest absolute Gasteiger partial charge is 0.139 e. The number of halogens is 2. The maximum Gasteiger partial charge on any atom is 0.139 e. The highest BCUT2D eigenvalue weighted by molar-refractivity contribution is 9.10. The van der Waals surface area contributed by atoms with Crippen molar-refractivity contribution < 1.29 is 9.15 Å². The second kappa shape index (κ2) is 3.93. The molecule has 2 nitrogen and oxygen atoms in total. The Labute approximate surface area is 111 Å². The molecule has 0 N–H and O–H groups in total. The Hall–Kier alpha value is -1.19. The van der Waals surface area contributed by atoms with E-state index in [0.29, 0.717) is 5.02 Å². The van der Waals surface area contributed by atoms with Crippen LogP contribution in [0.15, 0.2) is 39.2 Å². The van der Waals surface area contributed by atoms with Crippen molar-refractivity contribution in [3.05, 3.63) is 39.8 Å². The summed E-state index contributed by atoms with van der Waals surface area (Å²) >= 11 is 9.61. The Morgan fingerprint density at radius 3 is 2.65 bits per heavy atom. The average molecular weight is 312 g/mol. The molecule has 1 heterocycles. The van der Waals surface area contributed by atoms with E-state index in [-0.39, 0.29) is 0 Å². The van der Waals surface area contributed by atoms with Crippen molar-refractivity contribution in [3.8, 4) is 5.75 Å². The minimum absolute atomic E-state index is 0.658. The van der Waals surface area contributed by atoms with Gasteiger partial charge in [-0.2, -0.15) is 0 Å². The molecule has 0 aliphatic carbocycles. The van der Waals surface area contributed by atoms with Gasteiger partial charge in [-0.3, -0.25) is 0 Å². The van der Waals surface area contributed by atoms with Gasteiger partial charge in [-0.15, -0.1) is 0 Å². The van der Waals surface area contributed by atoms with Crippen LogP contribution in [0.4, 0.5) is 0 Å². The first-order valence-corrected chi connectivity index (χ1v) is 6.22. The summed E-state index contributed by atoms with van der Waals surface area (Å²) in [6, 6.07) is 9.40. The van der Waals surface area contributed by atoms with Crippen molar-refractivity contribution in [2.75, 3.05) is 7.11 Å². The highest BCUT2D eigenvalue weighted by Gasteiger charge is 2.15. The monoisotopic (exact) mass is 310 g/mol. The zero-order chi connectivity index (χ0) is 12.0. The molecule has 4 heteroatoms. The molecule has 0 saturated heterocycles. The van der Waals surface area contributed by atoms with E-state index in [4.69, 9.17) is 20.8 Å². The van der Waals surface area contributed by atoms with Gasteiger partial charge >= 0.3 is 0 Å². The average Bonchev–Trinajstić information content (AvgIpc) is 2.72. The van der Waals surface area contributed by atoms with Crippen molar-refractivity contribution in [1.82, 2.24) is 0 Å². The normalized spacial score (nSPS) is 11.2. The van der Waals surface area contributed by atoms with E-state index >= 15 is 0 Å². The van der Waals surface area contributed by atoms with Crippen molar-refractivity contribution in [3.63, 3.8) is 0 Å². The van der Waals surface area contributed by atoms with E-state index in [1.165, 1.54) is 0 Å². The molecular weight excluding hydrogens is 303 g/mol. The summed E-state index contributed by atoms with van der Waals surface area (Å²) in [6.07, 6.45) is 0. The Morgan fingerprint density at radius 1 is 1.12 bits per heavy atom. The minimum Gasteiger partial charge on any atom is -0.496 e. The third-order valence-corrected chi connectivity index (χ3v) is 4.10. The number of benzene rings is 2. The van der Waals surface area contributed by atoms with Crippen LogP contribution in [0.25, 0.3) is 21.9 Å². The lowest BCUT2D eigenvalue weighted by molar-refractivity contribution is 0.420. The molecule has 0 atom stereocenters. The Bertz CT molecular complexity index is 718. The summed E-state index contributed by atoms with van der Waals surface area (Å²) in [5, 5.41) is 2.55. The summed E-state index contributed by atoms with van der Waals surface area (Å²) in [4.78, 5) is 0. The Balaban J connectivity index is 2.60. The van der Waals surface area contributed by atoms with Crippen LogP contribution in [0.1, 0.15) is 0 Å². The molecule has 0 unspecified atom stereocenters. The van der Waals surface area contributed by atoms with Crippen molar-refractivity contribution in [1.29, 1.82) is 0 Å². The van der Waals surface area contributed by atoms with E-state index in [1.54, 1.807) is 7.11 Å². The molecule has 0 aliphatic heterocycles. The fourth-order valence-corrected chi connectivity index (χ4v) is 2.67. The molecule has 0 aliphatic rings. The topological polar surface area (TPSA) is 22.4 Å².